The Labute approximate surface area is 175 Å². The minimum absolute atomic E-state index is 0.0398. The van der Waals surface area contributed by atoms with Crippen LogP contribution in [0.25, 0.3) is 16.8 Å². The second-order valence-corrected chi connectivity index (χ2v) is 7.95. The summed E-state index contributed by atoms with van der Waals surface area (Å²) in [5, 5.41) is 7.12. The summed E-state index contributed by atoms with van der Waals surface area (Å²) < 4.78 is 41.1. The molecule has 3 aromatic rings. The molecule has 1 fully saturated rings. The zero-order valence-electron chi connectivity index (χ0n) is 16.4. The molecule has 5 rings (SSSR count). The number of benzene rings is 1. The van der Waals surface area contributed by atoms with E-state index in [4.69, 9.17) is 0 Å². The average Bonchev–Trinajstić information content (AvgIpc) is 3.36. The van der Waals surface area contributed by atoms with Crippen LogP contribution in [0.1, 0.15) is 39.1 Å². The first-order chi connectivity index (χ1) is 14.8. The van der Waals surface area contributed by atoms with Gasteiger partial charge in [-0.2, -0.15) is 18.3 Å². The van der Waals surface area contributed by atoms with E-state index < -0.39 is 18.0 Å². The molecule has 1 unspecified atom stereocenters. The van der Waals surface area contributed by atoms with Gasteiger partial charge in [-0.1, -0.05) is 18.2 Å². The highest BCUT2D eigenvalue weighted by Crippen LogP contribution is 2.34. The van der Waals surface area contributed by atoms with Gasteiger partial charge in [-0.15, -0.1) is 0 Å². The minimum atomic E-state index is -4.31. The quantitative estimate of drug-likeness (QED) is 0.678. The molecule has 31 heavy (non-hydrogen) atoms. The second-order valence-electron chi connectivity index (χ2n) is 7.95. The summed E-state index contributed by atoms with van der Waals surface area (Å²) >= 11 is 0. The van der Waals surface area contributed by atoms with Crippen LogP contribution in [0.3, 0.4) is 0 Å². The fourth-order valence-corrected chi connectivity index (χ4v) is 4.37. The Morgan fingerprint density at radius 1 is 1.19 bits per heavy atom. The van der Waals surface area contributed by atoms with Crippen LogP contribution < -0.4 is 5.32 Å². The maximum absolute atomic E-state index is 13.2. The molecule has 0 aliphatic carbocycles. The van der Waals surface area contributed by atoms with Gasteiger partial charge in [0.2, 0.25) is 0 Å². The maximum atomic E-state index is 13.2. The van der Waals surface area contributed by atoms with E-state index in [1.807, 2.05) is 18.2 Å². The number of carbonyl (C=O) groups excluding carboxylic acids is 2. The predicted molar refractivity (Wildman–Crippen MR) is 106 cm³/mol. The second kappa shape index (κ2) is 7.11. The fourth-order valence-electron chi connectivity index (χ4n) is 4.37. The molecule has 1 saturated heterocycles. The van der Waals surface area contributed by atoms with Crippen molar-refractivity contribution >= 4 is 17.3 Å². The highest BCUT2D eigenvalue weighted by Gasteiger charge is 2.43. The maximum Gasteiger partial charge on any atom is 0.393 e. The Bertz CT molecular complexity index is 1200. The van der Waals surface area contributed by atoms with E-state index in [0.717, 1.165) is 11.1 Å². The van der Waals surface area contributed by atoms with Gasteiger partial charge in [-0.25, -0.2) is 4.52 Å². The van der Waals surface area contributed by atoms with E-state index in [9.17, 15) is 22.8 Å². The molecule has 0 spiro atoms. The van der Waals surface area contributed by atoms with Gasteiger partial charge in [-0.05, 0) is 36.6 Å². The number of carbonyl (C=O) groups is 2. The molecular formula is C22H19F3N4O2. The van der Waals surface area contributed by atoms with Crippen molar-refractivity contribution in [2.45, 2.75) is 25.6 Å². The van der Waals surface area contributed by atoms with E-state index in [-0.39, 0.29) is 24.4 Å². The number of nitrogens with zero attached hydrogens (tertiary/aromatic N) is 3. The predicted octanol–water partition coefficient (Wildman–Crippen LogP) is 3.66. The highest BCUT2D eigenvalue weighted by molar-refractivity contribution is 6.01. The van der Waals surface area contributed by atoms with Crippen LogP contribution in [0.2, 0.25) is 0 Å². The highest BCUT2D eigenvalue weighted by atomic mass is 19.4. The molecule has 0 radical (unpaired) electrons. The molecule has 0 bridgehead atoms. The van der Waals surface area contributed by atoms with Crippen molar-refractivity contribution in [3.05, 3.63) is 59.3 Å². The van der Waals surface area contributed by atoms with Crippen molar-refractivity contribution in [3.8, 4) is 11.3 Å². The van der Waals surface area contributed by atoms with Crippen LogP contribution in [0, 0.1) is 5.92 Å². The molecule has 2 aromatic heterocycles. The van der Waals surface area contributed by atoms with Gasteiger partial charge in [0, 0.05) is 30.8 Å². The summed E-state index contributed by atoms with van der Waals surface area (Å²) in [7, 11) is 0. The first-order valence-electron chi connectivity index (χ1n) is 10.1. The Morgan fingerprint density at radius 2 is 2.03 bits per heavy atom. The number of hydrogen-bond donors (Lipinski definition) is 1. The molecule has 1 aromatic carbocycles. The molecule has 9 heteroatoms. The van der Waals surface area contributed by atoms with E-state index in [0.29, 0.717) is 36.3 Å². The fraction of sp³-hybridized carbons (Fsp3) is 0.318. The summed E-state index contributed by atoms with van der Waals surface area (Å²) in [4.78, 5) is 26.3. The summed E-state index contributed by atoms with van der Waals surface area (Å²) in [6.45, 7) is 0.454. The van der Waals surface area contributed by atoms with Crippen molar-refractivity contribution < 1.29 is 22.8 Å². The number of piperidine rings is 1. The Morgan fingerprint density at radius 3 is 2.84 bits per heavy atom. The van der Waals surface area contributed by atoms with Gasteiger partial charge < -0.3 is 10.2 Å². The van der Waals surface area contributed by atoms with Crippen molar-refractivity contribution in [3.63, 3.8) is 0 Å². The molecule has 1 N–H and O–H groups in total. The average molecular weight is 428 g/mol. The molecule has 1 atom stereocenters. The number of fused-ring (bicyclic) bond motifs is 2. The molecule has 0 saturated carbocycles. The largest absolute Gasteiger partial charge is 0.393 e. The number of halogens is 3. The zero-order chi connectivity index (χ0) is 21.8. The van der Waals surface area contributed by atoms with Crippen LogP contribution >= 0.6 is 0 Å². The molecule has 2 aliphatic rings. The zero-order valence-corrected chi connectivity index (χ0v) is 16.4. The summed E-state index contributed by atoms with van der Waals surface area (Å²) in [5.74, 6) is -2.08. The van der Waals surface area contributed by atoms with Crippen LogP contribution in [-0.4, -0.2) is 45.6 Å². The number of nitrogens with one attached hydrogen (secondary N) is 1. The molecule has 2 amide bonds. The summed E-state index contributed by atoms with van der Waals surface area (Å²) in [5.41, 5.74) is 3.75. The van der Waals surface area contributed by atoms with E-state index in [1.54, 1.807) is 22.7 Å². The van der Waals surface area contributed by atoms with Crippen molar-refractivity contribution in [2.24, 2.45) is 5.92 Å². The lowest BCUT2D eigenvalue weighted by Gasteiger charge is -2.33. The number of amides is 2. The van der Waals surface area contributed by atoms with Crippen molar-refractivity contribution in [1.82, 2.24) is 19.8 Å². The SMILES string of the molecule is O=C1NCc2ccc(-c3cccc4c(C(=O)N5CCCC(C(F)(F)F)C5)cnn34)cc21. The van der Waals surface area contributed by atoms with Gasteiger partial charge in [0.25, 0.3) is 11.8 Å². The summed E-state index contributed by atoms with van der Waals surface area (Å²) in [6, 6.07) is 10.9. The number of rotatable bonds is 2. The van der Waals surface area contributed by atoms with Crippen LogP contribution in [0.5, 0.6) is 0 Å². The lowest BCUT2D eigenvalue weighted by atomic mass is 9.97. The number of pyridine rings is 1. The van der Waals surface area contributed by atoms with Crippen LogP contribution in [0.4, 0.5) is 13.2 Å². The molecular weight excluding hydrogens is 409 g/mol. The third-order valence-electron chi connectivity index (χ3n) is 6.03. The number of aromatic nitrogens is 2. The Kier molecular flexibility index (Phi) is 4.49. The van der Waals surface area contributed by atoms with Gasteiger partial charge in [0.1, 0.15) is 0 Å². The molecule has 6 nitrogen and oxygen atoms in total. The van der Waals surface area contributed by atoms with Gasteiger partial charge in [0.15, 0.2) is 0 Å². The standard InChI is InChI=1S/C22H19F3N4O2/c23-22(24,25)15-3-2-8-28(12-15)21(31)17-11-27-29-18(4-1-5-19(17)29)13-6-7-14-10-26-20(30)16(14)9-13/h1,4-7,9,11,15H,2-3,8,10,12H2,(H,26,30). The molecule has 2 aliphatic heterocycles. The van der Waals surface area contributed by atoms with Crippen molar-refractivity contribution in [1.29, 1.82) is 0 Å². The van der Waals surface area contributed by atoms with Crippen LogP contribution in [-0.2, 0) is 6.54 Å². The third kappa shape index (κ3) is 3.34. The van der Waals surface area contributed by atoms with E-state index in [1.165, 1.54) is 11.1 Å². The van der Waals surface area contributed by atoms with E-state index in [2.05, 4.69) is 10.4 Å². The topological polar surface area (TPSA) is 66.7 Å². The first-order valence-corrected chi connectivity index (χ1v) is 10.1. The lowest BCUT2D eigenvalue weighted by molar-refractivity contribution is -0.184. The smallest absolute Gasteiger partial charge is 0.348 e. The first kappa shape index (κ1) is 19.6. The monoisotopic (exact) mass is 428 g/mol. The molecule has 4 heterocycles. The van der Waals surface area contributed by atoms with Gasteiger partial charge >= 0.3 is 6.18 Å². The number of alkyl halides is 3. The van der Waals surface area contributed by atoms with E-state index >= 15 is 0 Å². The number of likely N-dealkylation sites (tertiary alicyclic amines) is 1. The Balaban J connectivity index is 1.50. The minimum Gasteiger partial charge on any atom is -0.348 e. The summed E-state index contributed by atoms with van der Waals surface area (Å²) in [6.07, 6.45) is -2.55. The van der Waals surface area contributed by atoms with Crippen molar-refractivity contribution in [2.75, 3.05) is 13.1 Å². The van der Waals surface area contributed by atoms with Crippen LogP contribution in [0.15, 0.2) is 42.6 Å². The lowest BCUT2D eigenvalue weighted by Crippen LogP contribution is -2.44. The van der Waals surface area contributed by atoms with Gasteiger partial charge in [-0.3, -0.25) is 9.59 Å². The molecule has 160 valence electrons. The third-order valence-corrected chi connectivity index (χ3v) is 6.03. The normalized spacial score (nSPS) is 18.9. The van der Waals surface area contributed by atoms with Gasteiger partial charge in [0.05, 0.1) is 28.9 Å². The number of hydrogen-bond acceptors (Lipinski definition) is 3. The Hall–Kier alpha value is -3.36.